The lowest BCUT2D eigenvalue weighted by atomic mass is 9.87. The Labute approximate surface area is 149 Å². The van der Waals surface area contributed by atoms with Crippen molar-refractivity contribution in [1.29, 1.82) is 0 Å². The third-order valence-corrected chi connectivity index (χ3v) is 7.28. The number of benzene rings is 2. The average molecular weight is 364 g/mol. The Balaban J connectivity index is 2.04. The van der Waals surface area contributed by atoms with Crippen LogP contribution in [0.2, 0.25) is 0 Å². The number of aryl methyl sites for hydroxylation is 1. The maximum atomic E-state index is 13.2. The van der Waals surface area contributed by atoms with Crippen LogP contribution in [-0.4, -0.2) is 24.6 Å². The summed E-state index contributed by atoms with van der Waals surface area (Å²) >= 11 is 6.47. The normalized spacial score (nSPS) is 25.5. The van der Waals surface area contributed by atoms with E-state index in [4.69, 9.17) is 11.6 Å². The van der Waals surface area contributed by atoms with Crippen molar-refractivity contribution >= 4 is 21.6 Å². The molecule has 24 heavy (non-hydrogen) atoms. The molecule has 3 nitrogen and oxygen atoms in total. The molecule has 3 rings (SSSR count). The van der Waals surface area contributed by atoms with Crippen LogP contribution < -0.4 is 0 Å². The maximum Gasteiger partial charge on any atom is 0.243 e. The van der Waals surface area contributed by atoms with E-state index in [1.54, 1.807) is 16.4 Å². The highest BCUT2D eigenvalue weighted by atomic mass is 35.5. The Morgan fingerprint density at radius 1 is 1.04 bits per heavy atom. The zero-order valence-corrected chi connectivity index (χ0v) is 15.5. The summed E-state index contributed by atoms with van der Waals surface area (Å²) in [5.74, 6) is 0.0445. The second kappa shape index (κ2) is 6.87. The summed E-state index contributed by atoms with van der Waals surface area (Å²) in [6.07, 6.45) is 0.664. The van der Waals surface area contributed by atoms with Crippen LogP contribution in [0.15, 0.2) is 59.5 Å². The first-order chi connectivity index (χ1) is 11.4. The van der Waals surface area contributed by atoms with Gasteiger partial charge in [0.2, 0.25) is 10.0 Å². The summed E-state index contributed by atoms with van der Waals surface area (Å²) in [7, 11) is -3.56. The number of hydrogen-bond donors (Lipinski definition) is 0. The molecule has 5 heteroatoms. The summed E-state index contributed by atoms with van der Waals surface area (Å²) in [6.45, 7) is 4.42. The maximum absolute atomic E-state index is 13.2. The van der Waals surface area contributed by atoms with Gasteiger partial charge in [0, 0.05) is 11.9 Å². The minimum atomic E-state index is -3.56. The van der Waals surface area contributed by atoms with Crippen LogP contribution in [0.25, 0.3) is 0 Å². The molecule has 1 saturated heterocycles. The number of hydrogen-bond acceptors (Lipinski definition) is 2. The smallest absolute Gasteiger partial charge is 0.207 e. The van der Waals surface area contributed by atoms with Crippen LogP contribution in [0.4, 0.5) is 0 Å². The van der Waals surface area contributed by atoms with Gasteiger partial charge in [0.15, 0.2) is 0 Å². The van der Waals surface area contributed by atoms with Crippen molar-refractivity contribution in [2.75, 3.05) is 6.54 Å². The zero-order chi connectivity index (χ0) is 17.3. The molecule has 0 aromatic heterocycles. The molecule has 0 radical (unpaired) electrons. The van der Waals surface area contributed by atoms with E-state index in [-0.39, 0.29) is 17.3 Å². The second-order valence-corrected chi connectivity index (χ2v) is 8.90. The van der Waals surface area contributed by atoms with Gasteiger partial charge in [0.1, 0.15) is 0 Å². The predicted molar refractivity (Wildman–Crippen MR) is 97.7 cm³/mol. The minimum Gasteiger partial charge on any atom is -0.207 e. The summed E-state index contributed by atoms with van der Waals surface area (Å²) in [4.78, 5) is 0.342. The highest BCUT2D eigenvalue weighted by molar-refractivity contribution is 7.89. The van der Waals surface area contributed by atoms with Crippen LogP contribution in [0.5, 0.6) is 0 Å². The van der Waals surface area contributed by atoms with Gasteiger partial charge in [-0.05, 0) is 37.0 Å². The fourth-order valence-electron chi connectivity index (χ4n) is 3.35. The Morgan fingerprint density at radius 2 is 1.67 bits per heavy atom. The van der Waals surface area contributed by atoms with Crippen LogP contribution in [-0.2, 0) is 10.0 Å². The van der Waals surface area contributed by atoms with E-state index < -0.39 is 10.0 Å². The molecule has 0 bridgehead atoms. The first kappa shape index (κ1) is 17.5. The van der Waals surface area contributed by atoms with Crippen LogP contribution in [0.1, 0.15) is 30.5 Å². The van der Waals surface area contributed by atoms with Gasteiger partial charge >= 0.3 is 0 Å². The van der Waals surface area contributed by atoms with Gasteiger partial charge < -0.3 is 0 Å². The molecule has 0 saturated carbocycles. The van der Waals surface area contributed by atoms with Crippen molar-refractivity contribution in [3.05, 3.63) is 65.7 Å². The van der Waals surface area contributed by atoms with Crippen molar-refractivity contribution in [2.24, 2.45) is 5.92 Å². The number of rotatable bonds is 3. The topological polar surface area (TPSA) is 37.4 Å². The molecule has 1 fully saturated rings. The predicted octanol–water partition coefficient (Wildman–Crippen LogP) is 4.37. The average Bonchev–Trinajstić information content (AvgIpc) is 2.58. The van der Waals surface area contributed by atoms with E-state index in [0.717, 1.165) is 11.1 Å². The van der Waals surface area contributed by atoms with E-state index in [1.165, 1.54) is 0 Å². The number of nitrogens with zero attached hydrogens (tertiary/aromatic N) is 1. The Bertz CT molecular complexity index is 790. The van der Waals surface area contributed by atoms with E-state index >= 15 is 0 Å². The summed E-state index contributed by atoms with van der Waals surface area (Å²) in [5, 5.41) is -0.0281. The fourth-order valence-corrected chi connectivity index (χ4v) is 5.29. The Hall–Kier alpha value is -1.36. The highest BCUT2D eigenvalue weighted by Crippen LogP contribution is 2.41. The van der Waals surface area contributed by atoms with Gasteiger partial charge in [0.25, 0.3) is 0 Å². The molecule has 0 aliphatic carbocycles. The Kier molecular flexibility index (Phi) is 5.00. The van der Waals surface area contributed by atoms with Crippen molar-refractivity contribution in [3.8, 4) is 0 Å². The molecule has 3 atom stereocenters. The van der Waals surface area contributed by atoms with Gasteiger partial charge in [-0.25, -0.2) is 8.42 Å². The molecule has 0 amide bonds. The summed E-state index contributed by atoms with van der Waals surface area (Å²) < 4.78 is 28.1. The third-order valence-electron chi connectivity index (χ3n) is 4.77. The standard InChI is InChI=1S/C19H22ClNO2S/c1-14-8-10-17(11-9-14)24(22,23)21-13-12-18(20)15(2)19(21)16-6-4-3-5-7-16/h3-11,15,18-19H,12-13H2,1-2H3/t15-,18-,19-/m1/s1. The number of sulfonamides is 1. The van der Waals surface area contributed by atoms with E-state index in [2.05, 4.69) is 0 Å². The molecule has 0 N–H and O–H groups in total. The monoisotopic (exact) mass is 363 g/mol. The SMILES string of the molecule is Cc1ccc(S(=O)(=O)N2CC[C@@H](Cl)[C@@H](C)[C@@H]2c2ccccc2)cc1. The molecule has 2 aromatic rings. The lowest BCUT2D eigenvalue weighted by Gasteiger charge is -2.41. The summed E-state index contributed by atoms with van der Waals surface area (Å²) in [5.41, 5.74) is 2.03. The molecular weight excluding hydrogens is 342 g/mol. The molecule has 0 spiro atoms. The molecule has 1 heterocycles. The van der Waals surface area contributed by atoms with E-state index in [9.17, 15) is 8.42 Å². The number of piperidine rings is 1. The van der Waals surface area contributed by atoms with Gasteiger partial charge in [-0.2, -0.15) is 4.31 Å². The van der Waals surface area contributed by atoms with Gasteiger partial charge in [-0.15, -0.1) is 11.6 Å². The fraction of sp³-hybridized carbons (Fsp3) is 0.368. The van der Waals surface area contributed by atoms with Crippen LogP contribution in [0.3, 0.4) is 0 Å². The molecule has 128 valence electrons. The lowest BCUT2D eigenvalue weighted by molar-refractivity contribution is 0.193. The van der Waals surface area contributed by atoms with Gasteiger partial charge in [-0.1, -0.05) is 55.0 Å². The van der Waals surface area contributed by atoms with Crippen LogP contribution in [0, 0.1) is 12.8 Å². The highest BCUT2D eigenvalue weighted by Gasteiger charge is 2.41. The van der Waals surface area contributed by atoms with Gasteiger partial charge in [-0.3, -0.25) is 0 Å². The zero-order valence-electron chi connectivity index (χ0n) is 13.9. The largest absolute Gasteiger partial charge is 0.243 e. The van der Waals surface area contributed by atoms with Crippen molar-refractivity contribution < 1.29 is 8.42 Å². The molecule has 1 aliphatic heterocycles. The quantitative estimate of drug-likeness (QED) is 0.759. The van der Waals surface area contributed by atoms with Crippen molar-refractivity contribution in [1.82, 2.24) is 4.31 Å². The van der Waals surface area contributed by atoms with Crippen LogP contribution >= 0.6 is 11.6 Å². The van der Waals surface area contributed by atoms with Crippen molar-refractivity contribution in [2.45, 2.75) is 36.6 Å². The third kappa shape index (κ3) is 3.23. The van der Waals surface area contributed by atoms with E-state index in [0.29, 0.717) is 17.9 Å². The Morgan fingerprint density at radius 3 is 2.29 bits per heavy atom. The van der Waals surface area contributed by atoms with Gasteiger partial charge in [0.05, 0.1) is 10.9 Å². The number of alkyl halides is 1. The molecule has 2 aromatic carbocycles. The number of halogens is 1. The first-order valence-corrected chi connectivity index (χ1v) is 10.1. The molecule has 1 aliphatic rings. The first-order valence-electron chi connectivity index (χ1n) is 8.19. The molecular formula is C19H22ClNO2S. The molecule has 0 unspecified atom stereocenters. The van der Waals surface area contributed by atoms with E-state index in [1.807, 2.05) is 56.3 Å². The second-order valence-electron chi connectivity index (χ2n) is 6.45. The lowest BCUT2D eigenvalue weighted by Crippen LogP contribution is -2.45. The minimum absolute atomic E-state index is 0.0281. The summed E-state index contributed by atoms with van der Waals surface area (Å²) in [6, 6.07) is 16.6. The van der Waals surface area contributed by atoms with Crippen molar-refractivity contribution in [3.63, 3.8) is 0 Å².